The van der Waals surface area contributed by atoms with Gasteiger partial charge in [-0.2, -0.15) is 26.3 Å². The first-order valence-electron chi connectivity index (χ1n) is 7.55. The molecular weight excluding hydrogens is 460 g/mol. The molecule has 0 aromatic carbocycles. The maximum Gasteiger partial charge on any atom is 0.480 e. The Kier molecular flexibility index (Phi) is 8.08. The van der Waals surface area contributed by atoms with E-state index in [-0.39, 0.29) is 0 Å². The lowest BCUT2D eigenvalue weighted by atomic mass is 10.5. The molecule has 9 nitrogen and oxygen atoms in total. The third-order valence-electron chi connectivity index (χ3n) is 3.36. The van der Waals surface area contributed by atoms with Crippen molar-refractivity contribution < 1.29 is 57.2 Å². The number of rotatable bonds is 7. The SMILES string of the molecule is Cc1n(CCOCC2CO2)cc[n+]1C.O=S(=O)([N-]S(=O)(=O)C(F)(F)F)C(F)(F)F. The lowest BCUT2D eigenvalue weighted by Crippen LogP contribution is -2.30. The van der Waals surface area contributed by atoms with Gasteiger partial charge in [-0.15, -0.1) is 0 Å². The molecule has 0 bridgehead atoms. The number of halogens is 6. The van der Waals surface area contributed by atoms with Crippen molar-refractivity contribution in [1.82, 2.24) is 4.57 Å². The summed E-state index contributed by atoms with van der Waals surface area (Å²) in [5.41, 5.74) is -12.4. The highest BCUT2D eigenvalue weighted by molar-refractivity contribution is 8.13. The van der Waals surface area contributed by atoms with Gasteiger partial charge in [-0.1, -0.05) is 0 Å². The molecule has 1 aliphatic rings. The van der Waals surface area contributed by atoms with Gasteiger partial charge in [0.05, 0.1) is 26.9 Å². The molecular formula is C12H17F6N3O6S2. The lowest BCUT2D eigenvalue weighted by Gasteiger charge is -2.22. The zero-order chi connectivity index (χ0) is 22.7. The van der Waals surface area contributed by atoms with Crippen LogP contribution in [0.1, 0.15) is 5.82 Å². The maximum atomic E-state index is 11.4. The zero-order valence-electron chi connectivity index (χ0n) is 14.9. The van der Waals surface area contributed by atoms with Gasteiger partial charge in [0.25, 0.3) is 5.82 Å². The summed E-state index contributed by atoms with van der Waals surface area (Å²) in [7, 11) is -11.4. The molecule has 0 amide bonds. The fraction of sp³-hybridized carbons (Fsp3) is 0.750. The Balaban J connectivity index is 0.000000290. The van der Waals surface area contributed by atoms with E-state index in [0.717, 1.165) is 30.5 Å². The van der Waals surface area contributed by atoms with E-state index in [0.29, 0.717) is 6.10 Å². The fourth-order valence-electron chi connectivity index (χ4n) is 1.59. The molecule has 170 valence electrons. The van der Waals surface area contributed by atoms with Crippen molar-refractivity contribution in [3.8, 4) is 0 Å². The molecule has 1 aromatic heterocycles. The minimum atomic E-state index is -6.72. The molecule has 0 radical (unpaired) electrons. The van der Waals surface area contributed by atoms with E-state index in [2.05, 4.69) is 28.5 Å². The highest BCUT2D eigenvalue weighted by Gasteiger charge is 2.46. The predicted octanol–water partition coefficient (Wildman–Crippen LogP) is 1.10. The molecule has 0 N–H and O–H groups in total. The largest absolute Gasteiger partial charge is 0.480 e. The van der Waals surface area contributed by atoms with E-state index in [1.807, 2.05) is 7.05 Å². The first-order chi connectivity index (χ1) is 13.0. The number of imidazole rings is 1. The minimum Gasteiger partial charge on any atom is -0.421 e. The van der Waals surface area contributed by atoms with Crippen LogP contribution >= 0.6 is 0 Å². The molecule has 1 saturated heterocycles. The van der Waals surface area contributed by atoms with Crippen LogP contribution in [0.5, 0.6) is 0 Å². The monoisotopic (exact) mass is 477 g/mol. The van der Waals surface area contributed by atoms with Gasteiger partial charge in [0.1, 0.15) is 25.0 Å². The number of aryl methyl sites for hydroxylation is 1. The number of ether oxygens (including phenoxy) is 2. The van der Waals surface area contributed by atoms with Crippen LogP contribution < -0.4 is 4.57 Å². The van der Waals surface area contributed by atoms with Crippen molar-refractivity contribution in [2.75, 3.05) is 19.8 Å². The summed E-state index contributed by atoms with van der Waals surface area (Å²) in [4.78, 5) is 0. The number of aromatic nitrogens is 2. The molecule has 0 saturated carbocycles. The average molecular weight is 477 g/mol. The summed E-state index contributed by atoms with van der Waals surface area (Å²) in [6.45, 7) is 5.39. The van der Waals surface area contributed by atoms with E-state index >= 15 is 0 Å². The maximum absolute atomic E-state index is 11.4. The summed E-state index contributed by atoms with van der Waals surface area (Å²) in [5.74, 6) is 1.25. The minimum absolute atomic E-state index is 0.372. The smallest absolute Gasteiger partial charge is 0.421 e. The quantitative estimate of drug-likeness (QED) is 0.252. The second kappa shape index (κ2) is 9.15. The number of hydrogen-bond donors (Lipinski definition) is 0. The van der Waals surface area contributed by atoms with Crippen LogP contribution in [0.4, 0.5) is 26.3 Å². The standard InChI is InChI=1S/C10H17N2O2.C2F6NO4S2/c1-9-11(2)3-4-12(9)5-6-13-7-10-8-14-10;3-1(4,5)14(10,11)9-15(12,13)2(6,7)8/h3-4,10H,5-8H2,1-2H3;/q+1;-1. The van der Waals surface area contributed by atoms with Crippen LogP contribution in [0.3, 0.4) is 0 Å². The van der Waals surface area contributed by atoms with Gasteiger partial charge in [-0.25, -0.2) is 26.0 Å². The summed E-state index contributed by atoms with van der Waals surface area (Å²) in [6, 6.07) is 0. The Hall–Kier alpha value is -1.43. The molecule has 1 aromatic rings. The molecule has 1 fully saturated rings. The molecule has 1 aliphatic heterocycles. The second-order valence-corrected chi connectivity index (χ2v) is 9.02. The molecule has 1 atom stereocenters. The van der Waals surface area contributed by atoms with Gasteiger partial charge in [0.2, 0.25) is 0 Å². The zero-order valence-corrected chi connectivity index (χ0v) is 16.6. The van der Waals surface area contributed by atoms with Gasteiger partial charge >= 0.3 is 11.0 Å². The normalized spacial score (nSPS) is 17.6. The first kappa shape index (κ1) is 25.6. The topological polar surface area (TPSA) is 113 Å². The Morgan fingerprint density at radius 3 is 2.00 bits per heavy atom. The number of alkyl halides is 6. The summed E-state index contributed by atoms with van der Waals surface area (Å²) in [5, 5.41) is 0. The second-order valence-electron chi connectivity index (χ2n) is 5.60. The third-order valence-corrected chi connectivity index (χ3v) is 6.10. The van der Waals surface area contributed by atoms with E-state index in [1.54, 1.807) is 0 Å². The van der Waals surface area contributed by atoms with Crippen molar-refractivity contribution in [3.63, 3.8) is 0 Å². The van der Waals surface area contributed by atoms with Crippen molar-refractivity contribution >= 4 is 20.0 Å². The van der Waals surface area contributed by atoms with E-state index < -0.39 is 31.1 Å². The van der Waals surface area contributed by atoms with Crippen molar-refractivity contribution in [2.24, 2.45) is 7.05 Å². The first-order valence-corrected chi connectivity index (χ1v) is 10.4. The van der Waals surface area contributed by atoms with E-state index in [4.69, 9.17) is 9.47 Å². The Labute approximate surface area is 162 Å². The van der Waals surface area contributed by atoms with Crippen molar-refractivity contribution in [2.45, 2.75) is 30.6 Å². The average Bonchev–Trinajstić information content (AvgIpc) is 3.29. The molecule has 2 heterocycles. The van der Waals surface area contributed by atoms with Crippen LogP contribution in [0.2, 0.25) is 0 Å². The lowest BCUT2D eigenvalue weighted by molar-refractivity contribution is -0.677. The molecule has 1 unspecified atom stereocenters. The van der Waals surface area contributed by atoms with Gasteiger partial charge in [-0.05, 0) is 0 Å². The third kappa shape index (κ3) is 7.72. The highest BCUT2D eigenvalue weighted by Crippen LogP contribution is 2.36. The molecule has 2 rings (SSSR count). The predicted molar refractivity (Wildman–Crippen MR) is 84.2 cm³/mol. The van der Waals surface area contributed by atoms with Crippen LogP contribution in [-0.4, -0.2) is 58.3 Å². The Bertz CT molecular complexity index is 848. The fourth-order valence-corrected chi connectivity index (χ4v) is 3.30. The van der Waals surface area contributed by atoms with Crippen LogP contribution in [0, 0.1) is 6.92 Å². The van der Waals surface area contributed by atoms with Gasteiger partial charge < -0.3 is 13.6 Å². The van der Waals surface area contributed by atoms with Gasteiger partial charge in [0, 0.05) is 6.92 Å². The van der Waals surface area contributed by atoms with Gasteiger partial charge in [0.15, 0.2) is 20.0 Å². The number of nitrogens with zero attached hydrogens (tertiary/aromatic N) is 3. The summed E-state index contributed by atoms with van der Waals surface area (Å²) in [6.07, 6.45) is 4.50. The van der Waals surface area contributed by atoms with Crippen LogP contribution in [0.15, 0.2) is 12.4 Å². The van der Waals surface area contributed by atoms with Gasteiger partial charge in [-0.3, -0.25) is 0 Å². The molecule has 0 aliphatic carbocycles. The highest BCUT2D eigenvalue weighted by atomic mass is 32.3. The molecule has 17 heteroatoms. The van der Waals surface area contributed by atoms with E-state index in [1.165, 1.54) is 5.82 Å². The van der Waals surface area contributed by atoms with Crippen molar-refractivity contribution in [1.29, 1.82) is 0 Å². The summed E-state index contributed by atoms with van der Waals surface area (Å²) >= 11 is 0. The summed E-state index contributed by atoms with van der Waals surface area (Å²) < 4.78 is 124. The molecule has 0 spiro atoms. The number of sulfonamides is 2. The Morgan fingerprint density at radius 2 is 1.66 bits per heavy atom. The van der Waals surface area contributed by atoms with Crippen LogP contribution in [0.25, 0.3) is 4.13 Å². The number of epoxide rings is 1. The number of hydrogen-bond acceptors (Lipinski definition) is 6. The molecule has 29 heavy (non-hydrogen) atoms. The van der Waals surface area contributed by atoms with E-state index in [9.17, 15) is 43.2 Å². The Morgan fingerprint density at radius 1 is 1.17 bits per heavy atom. The van der Waals surface area contributed by atoms with Crippen LogP contribution in [-0.2, 0) is 43.1 Å². The van der Waals surface area contributed by atoms with Crippen molar-refractivity contribution in [3.05, 3.63) is 22.3 Å².